The minimum atomic E-state index is -1.51. The van der Waals surface area contributed by atoms with Gasteiger partial charge < -0.3 is 72.2 Å². The van der Waals surface area contributed by atoms with Crippen LogP contribution in [0, 0.1) is 17.8 Å². The molecule has 0 saturated carbocycles. The van der Waals surface area contributed by atoms with Crippen molar-refractivity contribution < 1.29 is 76.8 Å². The Morgan fingerprint density at radius 2 is 1.58 bits per heavy atom. The molecular formula is C51H86N2O16. The van der Waals surface area contributed by atoms with E-state index in [4.69, 9.17) is 47.4 Å². The SMILES string of the molecule is CCC(=O)OC1CC(=O)OC(C)C/C=C/C=C/C(O[C@@H]2CC[C@H](N(C)C)[C@@H](C)O2)C(C)CC(CC=O)C(O[C@H]2O[C@@H](C)[C@H](O[C@H]3C[C@](C)(O)[C@@H](OC(=O)CC(C)C)[C@@H](C)O3)[C@@H](N(C)C)[C@H]2O)C1OC. The number of nitrogens with zero attached hydrogens (tertiary/aromatic N) is 2. The maximum atomic E-state index is 13.6. The highest BCUT2D eigenvalue weighted by Crippen LogP contribution is 2.38. The average molecular weight is 983 g/mol. The van der Waals surface area contributed by atoms with Crippen LogP contribution in [-0.4, -0.2) is 183 Å². The lowest BCUT2D eigenvalue weighted by atomic mass is 9.82. The predicted molar refractivity (Wildman–Crippen MR) is 254 cm³/mol. The molecule has 0 aromatic carbocycles. The van der Waals surface area contributed by atoms with E-state index in [1.807, 2.05) is 66.1 Å². The van der Waals surface area contributed by atoms with Gasteiger partial charge in [0.2, 0.25) is 0 Å². The highest BCUT2D eigenvalue weighted by molar-refractivity contribution is 5.72. The van der Waals surface area contributed by atoms with Crippen molar-refractivity contribution in [3.63, 3.8) is 0 Å². The number of allylic oxidation sites excluding steroid dienone is 2. The number of ether oxygens (including phenoxy) is 10. The summed E-state index contributed by atoms with van der Waals surface area (Å²) in [6, 6.07) is -0.551. The second-order valence-corrected chi connectivity index (χ2v) is 20.7. The zero-order chi connectivity index (χ0) is 51.3. The van der Waals surface area contributed by atoms with E-state index in [1.165, 1.54) is 7.11 Å². The molecule has 4 aliphatic rings. The van der Waals surface area contributed by atoms with Crippen molar-refractivity contribution in [2.45, 2.75) is 224 Å². The molecule has 0 aromatic rings. The Hall–Kier alpha value is -2.88. The van der Waals surface area contributed by atoms with Gasteiger partial charge >= 0.3 is 17.9 Å². The number of hydrogen-bond donors (Lipinski definition) is 2. The maximum Gasteiger partial charge on any atom is 0.309 e. The predicted octanol–water partition coefficient (Wildman–Crippen LogP) is 4.88. The van der Waals surface area contributed by atoms with Gasteiger partial charge in [-0.3, -0.25) is 14.4 Å². The third-order valence-corrected chi connectivity index (χ3v) is 13.7. The molecule has 7 unspecified atom stereocenters. The monoisotopic (exact) mass is 983 g/mol. The fourth-order valence-electron chi connectivity index (χ4n) is 10.2. The molecule has 19 atom stereocenters. The van der Waals surface area contributed by atoms with Crippen LogP contribution in [0.5, 0.6) is 0 Å². The van der Waals surface area contributed by atoms with Crippen LogP contribution in [-0.2, 0) is 66.5 Å². The zero-order valence-electron chi connectivity index (χ0n) is 43.7. The van der Waals surface area contributed by atoms with Gasteiger partial charge in [-0.2, -0.15) is 0 Å². The van der Waals surface area contributed by atoms with Crippen molar-refractivity contribution in [1.29, 1.82) is 0 Å². The second-order valence-electron chi connectivity index (χ2n) is 20.7. The van der Waals surface area contributed by atoms with Gasteiger partial charge in [0, 0.05) is 45.3 Å². The Morgan fingerprint density at radius 1 is 0.884 bits per heavy atom. The lowest BCUT2D eigenvalue weighted by Crippen LogP contribution is -2.66. The summed E-state index contributed by atoms with van der Waals surface area (Å²) in [7, 11) is 9.03. The highest BCUT2D eigenvalue weighted by atomic mass is 16.7. The molecule has 0 aromatic heterocycles. The number of likely N-dealkylation sites (N-methyl/N-ethyl adjacent to an activating group) is 2. The Bertz CT molecular complexity index is 1680. The molecule has 4 aliphatic heterocycles. The Labute approximate surface area is 410 Å². The van der Waals surface area contributed by atoms with E-state index >= 15 is 0 Å². The molecule has 18 heteroatoms. The average Bonchev–Trinajstić information content (AvgIpc) is 3.24. The summed E-state index contributed by atoms with van der Waals surface area (Å²) in [6.07, 6.45) is -1.73. The first-order chi connectivity index (χ1) is 32.5. The van der Waals surface area contributed by atoms with Crippen molar-refractivity contribution in [3.8, 4) is 0 Å². The minimum Gasteiger partial charge on any atom is -0.462 e. The molecule has 4 rings (SSSR count). The van der Waals surface area contributed by atoms with E-state index in [-0.39, 0.29) is 56.1 Å². The van der Waals surface area contributed by atoms with Crippen molar-refractivity contribution >= 4 is 24.2 Å². The van der Waals surface area contributed by atoms with E-state index in [9.17, 15) is 29.4 Å². The van der Waals surface area contributed by atoms with Crippen molar-refractivity contribution in [2.75, 3.05) is 35.3 Å². The summed E-state index contributed by atoms with van der Waals surface area (Å²) < 4.78 is 63.0. The van der Waals surface area contributed by atoms with Gasteiger partial charge in [0.05, 0.1) is 43.0 Å². The van der Waals surface area contributed by atoms with E-state index in [0.717, 1.165) is 12.7 Å². The van der Waals surface area contributed by atoms with Crippen LogP contribution < -0.4 is 0 Å². The number of rotatable bonds is 16. The van der Waals surface area contributed by atoms with Gasteiger partial charge in [-0.05, 0) is 99.8 Å². The van der Waals surface area contributed by atoms with Crippen LogP contribution in [0.1, 0.15) is 120 Å². The molecule has 0 aliphatic carbocycles. The number of aldehydes is 1. The molecule has 3 saturated heterocycles. The summed E-state index contributed by atoms with van der Waals surface area (Å²) in [4.78, 5) is 56.1. The normalized spacial score (nSPS) is 40.8. The molecule has 0 spiro atoms. The molecular weight excluding hydrogens is 897 g/mol. The van der Waals surface area contributed by atoms with Crippen LogP contribution in [0.25, 0.3) is 0 Å². The topological polar surface area (TPSA) is 208 Å². The van der Waals surface area contributed by atoms with Crippen LogP contribution >= 0.6 is 0 Å². The summed E-state index contributed by atoms with van der Waals surface area (Å²) in [5.74, 6) is -2.53. The first-order valence-corrected chi connectivity index (χ1v) is 25.0. The molecule has 396 valence electrons. The molecule has 69 heavy (non-hydrogen) atoms. The molecule has 0 radical (unpaired) electrons. The standard InChI is InChI=1S/C51H86N2O16/c1-15-39(55)65-38-27-41(57)61-31(5)19-17-16-18-20-37(66-42-22-21-36(52(10)11)32(6)62-42)30(4)26-35(23-24-54)47(48(38)60-14)69-50-45(58)44(53(12)13)46(33(7)64-50)68-43-28-51(9,59)49(34(8)63-43)67-40(56)25-29(2)3/h16-18,20,24,29-38,42-50,58-59H,15,19,21-23,25-28H2,1-14H3/b17-16+,20-18+/t30?,31?,32-,33+,34-,35?,36+,37?,38?,42-,43+,44+,45-,46+,47?,48?,49+,50-,51+/m1/s1. The van der Waals surface area contributed by atoms with Gasteiger partial charge in [0.1, 0.15) is 42.4 Å². The third-order valence-electron chi connectivity index (χ3n) is 13.7. The number of esters is 3. The number of cyclic esters (lactones) is 1. The quantitative estimate of drug-likeness (QED) is 0.120. The van der Waals surface area contributed by atoms with E-state index in [1.54, 1.807) is 53.6 Å². The lowest BCUT2D eigenvalue weighted by Gasteiger charge is -2.50. The number of hydrogen-bond acceptors (Lipinski definition) is 18. The van der Waals surface area contributed by atoms with Gasteiger partial charge in [0.15, 0.2) is 25.0 Å². The van der Waals surface area contributed by atoms with E-state index in [2.05, 4.69) is 4.90 Å². The van der Waals surface area contributed by atoms with Gasteiger partial charge in [-0.15, -0.1) is 0 Å². The Balaban J connectivity index is 1.71. The van der Waals surface area contributed by atoms with E-state index in [0.29, 0.717) is 19.3 Å². The maximum absolute atomic E-state index is 13.6. The summed E-state index contributed by atoms with van der Waals surface area (Å²) >= 11 is 0. The Morgan fingerprint density at radius 3 is 2.17 bits per heavy atom. The molecule has 0 amide bonds. The van der Waals surface area contributed by atoms with Crippen LogP contribution in [0.15, 0.2) is 24.3 Å². The summed E-state index contributed by atoms with van der Waals surface area (Å²) in [5.41, 5.74) is -1.51. The van der Waals surface area contributed by atoms with E-state index < -0.39 is 115 Å². The van der Waals surface area contributed by atoms with Gasteiger partial charge in [0.25, 0.3) is 0 Å². The highest BCUT2D eigenvalue weighted by Gasteiger charge is 2.53. The lowest BCUT2D eigenvalue weighted by molar-refractivity contribution is -0.344. The molecule has 4 heterocycles. The number of carbonyl (C=O) groups is 4. The Kier molecular flexibility index (Phi) is 23.2. The van der Waals surface area contributed by atoms with Crippen LogP contribution in [0.3, 0.4) is 0 Å². The third kappa shape index (κ3) is 16.8. The molecule has 18 nitrogen and oxygen atoms in total. The number of aliphatic hydroxyl groups excluding tert-OH is 1. The van der Waals surface area contributed by atoms with Gasteiger partial charge in [-0.25, -0.2) is 0 Å². The minimum absolute atomic E-state index is 0.00271. The number of carbonyl (C=O) groups excluding carboxylic acids is 4. The number of aliphatic hydroxyl groups is 2. The van der Waals surface area contributed by atoms with Crippen LogP contribution in [0.4, 0.5) is 0 Å². The van der Waals surface area contributed by atoms with Crippen molar-refractivity contribution in [3.05, 3.63) is 24.3 Å². The largest absolute Gasteiger partial charge is 0.462 e. The summed E-state index contributed by atoms with van der Waals surface area (Å²) in [6.45, 7) is 16.3. The molecule has 0 bridgehead atoms. The number of methoxy groups -OCH3 is 1. The smallest absolute Gasteiger partial charge is 0.309 e. The van der Waals surface area contributed by atoms with Crippen LogP contribution in [0.2, 0.25) is 0 Å². The first-order valence-electron chi connectivity index (χ1n) is 25.0. The molecule has 2 N–H and O–H groups in total. The van der Waals surface area contributed by atoms with Gasteiger partial charge in [-0.1, -0.05) is 52.0 Å². The zero-order valence-corrected chi connectivity index (χ0v) is 43.7. The van der Waals surface area contributed by atoms with Crippen molar-refractivity contribution in [1.82, 2.24) is 9.80 Å². The fraction of sp³-hybridized carbons (Fsp3) is 0.843. The fourth-order valence-corrected chi connectivity index (χ4v) is 10.2. The summed E-state index contributed by atoms with van der Waals surface area (Å²) in [5, 5.41) is 24.0. The second kappa shape index (κ2) is 27.3. The van der Waals surface area contributed by atoms with Crippen molar-refractivity contribution in [2.24, 2.45) is 17.8 Å². The molecule has 3 fully saturated rings. The first kappa shape index (κ1) is 58.7.